The Morgan fingerprint density at radius 3 is 2.73 bits per heavy atom. The molecule has 0 aliphatic heterocycles. The van der Waals surface area contributed by atoms with Crippen molar-refractivity contribution in [2.24, 2.45) is 5.73 Å². The van der Waals surface area contributed by atoms with Gasteiger partial charge in [0.2, 0.25) is 0 Å². The zero-order valence-corrected chi connectivity index (χ0v) is 8.82. The van der Waals surface area contributed by atoms with Crippen molar-refractivity contribution in [2.75, 3.05) is 20.3 Å². The van der Waals surface area contributed by atoms with Gasteiger partial charge in [0.15, 0.2) is 0 Å². The first kappa shape index (κ1) is 11.7. The Balaban J connectivity index is 2.56. The lowest BCUT2D eigenvalue weighted by atomic mass is 10.1. The Bertz CT molecular complexity index is 326. The highest BCUT2D eigenvalue weighted by Gasteiger charge is 2.03. The zero-order valence-electron chi connectivity index (χ0n) is 8.82. The standard InChI is InChI=1S/C11H16N2O2/c1-14-6-7-15-8-9-4-2-3-5-10(9)11(12)13/h2-5H,6-8H2,1H3,(H3,12,13). The smallest absolute Gasteiger partial charge is 0.123 e. The fraction of sp³-hybridized carbons (Fsp3) is 0.364. The van der Waals surface area contributed by atoms with Crippen molar-refractivity contribution in [2.45, 2.75) is 6.61 Å². The van der Waals surface area contributed by atoms with Gasteiger partial charge in [-0.1, -0.05) is 24.3 Å². The number of nitrogens with two attached hydrogens (primary N) is 1. The third kappa shape index (κ3) is 3.69. The maximum Gasteiger partial charge on any atom is 0.123 e. The fourth-order valence-electron chi connectivity index (χ4n) is 1.23. The van der Waals surface area contributed by atoms with Crippen LogP contribution in [0.4, 0.5) is 0 Å². The molecular formula is C11H16N2O2. The van der Waals surface area contributed by atoms with Crippen LogP contribution in [0.5, 0.6) is 0 Å². The van der Waals surface area contributed by atoms with Gasteiger partial charge in [0.1, 0.15) is 5.84 Å². The van der Waals surface area contributed by atoms with E-state index in [0.29, 0.717) is 19.8 Å². The molecule has 0 saturated carbocycles. The number of hydrogen-bond donors (Lipinski definition) is 2. The number of nitrogens with one attached hydrogen (secondary N) is 1. The lowest BCUT2D eigenvalue weighted by molar-refractivity contribution is 0.0616. The zero-order chi connectivity index (χ0) is 11.1. The lowest BCUT2D eigenvalue weighted by Gasteiger charge is -2.08. The molecule has 0 spiro atoms. The summed E-state index contributed by atoms with van der Waals surface area (Å²) in [6, 6.07) is 7.48. The monoisotopic (exact) mass is 208 g/mol. The van der Waals surface area contributed by atoms with Crippen LogP contribution in [0.25, 0.3) is 0 Å². The molecule has 0 radical (unpaired) electrons. The molecule has 0 aliphatic carbocycles. The summed E-state index contributed by atoms with van der Waals surface area (Å²) in [5, 5.41) is 7.39. The summed E-state index contributed by atoms with van der Waals surface area (Å²) in [6.07, 6.45) is 0. The van der Waals surface area contributed by atoms with Gasteiger partial charge in [0.05, 0.1) is 19.8 Å². The van der Waals surface area contributed by atoms with E-state index < -0.39 is 0 Å². The van der Waals surface area contributed by atoms with Crippen LogP contribution in [0.1, 0.15) is 11.1 Å². The summed E-state index contributed by atoms with van der Waals surface area (Å²) in [4.78, 5) is 0. The van der Waals surface area contributed by atoms with Crippen LogP contribution in [-0.2, 0) is 16.1 Å². The molecule has 0 atom stereocenters. The largest absolute Gasteiger partial charge is 0.384 e. The van der Waals surface area contributed by atoms with Gasteiger partial charge in [-0.2, -0.15) is 0 Å². The number of amidine groups is 1. The highest BCUT2D eigenvalue weighted by atomic mass is 16.5. The van der Waals surface area contributed by atoms with Crippen LogP contribution in [0, 0.1) is 5.41 Å². The van der Waals surface area contributed by atoms with E-state index in [2.05, 4.69) is 0 Å². The molecule has 0 bridgehead atoms. The molecule has 0 saturated heterocycles. The molecule has 0 amide bonds. The van der Waals surface area contributed by atoms with E-state index in [1.54, 1.807) is 7.11 Å². The molecule has 0 aromatic heterocycles. The number of methoxy groups -OCH3 is 1. The van der Waals surface area contributed by atoms with Crippen molar-refractivity contribution in [3.63, 3.8) is 0 Å². The van der Waals surface area contributed by atoms with E-state index in [0.717, 1.165) is 11.1 Å². The van der Waals surface area contributed by atoms with Gasteiger partial charge in [-0.05, 0) is 5.56 Å². The molecule has 4 nitrogen and oxygen atoms in total. The molecule has 0 fully saturated rings. The van der Waals surface area contributed by atoms with Crippen LogP contribution in [-0.4, -0.2) is 26.2 Å². The van der Waals surface area contributed by atoms with E-state index in [1.807, 2.05) is 24.3 Å². The third-order valence-corrected chi connectivity index (χ3v) is 2.00. The Morgan fingerprint density at radius 2 is 2.07 bits per heavy atom. The third-order valence-electron chi connectivity index (χ3n) is 2.00. The van der Waals surface area contributed by atoms with Crippen molar-refractivity contribution in [1.82, 2.24) is 0 Å². The summed E-state index contributed by atoms with van der Waals surface area (Å²) in [7, 11) is 1.63. The molecule has 0 unspecified atom stereocenters. The topological polar surface area (TPSA) is 68.3 Å². The Kier molecular flexibility index (Phi) is 4.80. The Labute approximate surface area is 89.5 Å². The van der Waals surface area contributed by atoms with Crippen LogP contribution in [0.2, 0.25) is 0 Å². The molecule has 4 heteroatoms. The predicted molar refractivity (Wildman–Crippen MR) is 59.0 cm³/mol. The second kappa shape index (κ2) is 6.16. The number of ether oxygens (including phenoxy) is 2. The average Bonchev–Trinajstić information content (AvgIpc) is 2.25. The van der Waals surface area contributed by atoms with Gasteiger partial charge in [0, 0.05) is 12.7 Å². The molecule has 15 heavy (non-hydrogen) atoms. The number of hydrogen-bond acceptors (Lipinski definition) is 3. The van der Waals surface area contributed by atoms with Crippen molar-refractivity contribution < 1.29 is 9.47 Å². The van der Waals surface area contributed by atoms with E-state index >= 15 is 0 Å². The second-order valence-electron chi connectivity index (χ2n) is 3.12. The van der Waals surface area contributed by atoms with E-state index in [9.17, 15) is 0 Å². The lowest BCUT2D eigenvalue weighted by Crippen LogP contribution is -2.14. The van der Waals surface area contributed by atoms with Gasteiger partial charge in [0.25, 0.3) is 0 Å². The Hall–Kier alpha value is -1.39. The minimum Gasteiger partial charge on any atom is -0.384 e. The van der Waals surface area contributed by atoms with Crippen molar-refractivity contribution in [1.29, 1.82) is 5.41 Å². The van der Waals surface area contributed by atoms with Crippen LogP contribution >= 0.6 is 0 Å². The van der Waals surface area contributed by atoms with Gasteiger partial charge < -0.3 is 15.2 Å². The molecule has 3 N–H and O–H groups in total. The molecule has 1 rings (SSSR count). The molecular weight excluding hydrogens is 192 g/mol. The quantitative estimate of drug-likeness (QED) is 0.418. The summed E-state index contributed by atoms with van der Waals surface area (Å²) < 4.78 is 10.2. The normalized spacial score (nSPS) is 10.2. The Morgan fingerprint density at radius 1 is 1.33 bits per heavy atom. The maximum atomic E-state index is 7.39. The summed E-state index contributed by atoms with van der Waals surface area (Å²) in [5.74, 6) is 0.0703. The van der Waals surface area contributed by atoms with Gasteiger partial charge in [-0.25, -0.2) is 0 Å². The first-order valence-corrected chi connectivity index (χ1v) is 4.74. The van der Waals surface area contributed by atoms with Crippen molar-refractivity contribution in [3.05, 3.63) is 35.4 Å². The first-order chi connectivity index (χ1) is 7.25. The number of rotatable bonds is 6. The van der Waals surface area contributed by atoms with Crippen molar-refractivity contribution in [3.8, 4) is 0 Å². The second-order valence-corrected chi connectivity index (χ2v) is 3.12. The fourth-order valence-corrected chi connectivity index (χ4v) is 1.23. The first-order valence-electron chi connectivity index (χ1n) is 4.74. The molecule has 82 valence electrons. The maximum absolute atomic E-state index is 7.39. The van der Waals surface area contributed by atoms with Crippen LogP contribution < -0.4 is 5.73 Å². The van der Waals surface area contributed by atoms with Gasteiger partial charge in [-0.3, -0.25) is 5.41 Å². The van der Waals surface area contributed by atoms with E-state index in [-0.39, 0.29) is 5.84 Å². The highest BCUT2D eigenvalue weighted by molar-refractivity contribution is 5.96. The predicted octanol–water partition coefficient (Wildman–Crippen LogP) is 1.13. The summed E-state index contributed by atoms with van der Waals surface area (Å²) in [6.45, 7) is 1.57. The van der Waals surface area contributed by atoms with E-state index in [4.69, 9.17) is 20.6 Å². The minimum atomic E-state index is 0.0703. The summed E-state index contributed by atoms with van der Waals surface area (Å²) in [5.41, 5.74) is 7.11. The van der Waals surface area contributed by atoms with Crippen LogP contribution in [0.3, 0.4) is 0 Å². The molecule has 1 aromatic rings. The summed E-state index contributed by atoms with van der Waals surface area (Å²) >= 11 is 0. The van der Waals surface area contributed by atoms with E-state index in [1.165, 1.54) is 0 Å². The molecule has 1 aromatic carbocycles. The van der Waals surface area contributed by atoms with Crippen LogP contribution in [0.15, 0.2) is 24.3 Å². The number of benzene rings is 1. The average molecular weight is 208 g/mol. The molecule has 0 heterocycles. The van der Waals surface area contributed by atoms with Gasteiger partial charge in [-0.15, -0.1) is 0 Å². The minimum absolute atomic E-state index is 0.0703. The van der Waals surface area contributed by atoms with Crippen molar-refractivity contribution >= 4 is 5.84 Å². The van der Waals surface area contributed by atoms with Gasteiger partial charge >= 0.3 is 0 Å². The molecule has 0 aliphatic rings. The number of nitrogen functional groups attached to an aromatic ring is 1. The SMILES string of the molecule is COCCOCc1ccccc1C(=N)N. The highest BCUT2D eigenvalue weighted by Crippen LogP contribution is 2.09.